The second-order valence-electron chi connectivity index (χ2n) is 4.96. The zero-order chi connectivity index (χ0) is 14.8. The Hall–Kier alpha value is -2.26. The van der Waals surface area contributed by atoms with Crippen molar-refractivity contribution in [1.29, 1.82) is 0 Å². The van der Waals surface area contributed by atoms with Crippen molar-refractivity contribution in [3.05, 3.63) is 70.9 Å². The molecule has 0 fully saturated rings. The van der Waals surface area contributed by atoms with E-state index in [9.17, 15) is 4.79 Å². The summed E-state index contributed by atoms with van der Waals surface area (Å²) in [4.78, 5) is 15.5. The Morgan fingerprint density at radius 2 is 1.86 bits per heavy atom. The molecule has 1 heterocycles. The van der Waals surface area contributed by atoms with Crippen LogP contribution in [-0.2, 0) is 0 Å². The molecule has 1 aromatic heterocycles. The van der Waals surface area contributed by atoms with Crippen LogP contribution in [0.5, 0.6) is 0 Å². The van der Waals surface area contributed by atoms with Gasteiger partial charge in [0.05, 0.1) is 11.6 Å². The summed E-state index contributed by atoms with van der Waals surface area (Å²) < 4.78 is 0. The summed E-state index contributed by atoms with van der Waals surface area (Å²) in [5.41, 5.74) is 2.50. The van der Waals surface area contributed by atoms with E-state index in [-0.39, 0.29) is 11.9 Å². The molecule has 0 saturated heterocycles. The van der Waals surface area contributed by atoms with Crippen molar-refractivity contribution in [2.24, 2.45) is 0 Å². The van der Waals surface area contributed by atoms with Crippen molar-refractivity contribution in [1.82, 2.24) is 10.3 Å². The third-order valence-electron chi connectivity index (χ3n) is 3.55. The number of amides is 1. The number of H-pyrrole nitrogens is 1. The minimum atomic E-state index is -0.153. The minimum Gasteiger partial charge on any atom is -0.360 e. The van der Waals surface area contributed by atoms with E-state index >= 15 is 0 Å². The molecule has 0 aliphatic carbocycles. The number of hydrogen-bond donors (Lipinski definition) is 2. The molecule has 1 amide bonds. The maximum absolute atomic E-state index is 12.4. The average molecular weight is 299 g/mol. The Morgan fingerprint density at radius 1 is 1.14 bits per heavy atom. The molecule has 1 atom stereocenters. The summed E-state index contributed by atoms with van der Waals surface area (Å²) in [6.07, 6.45) is 1.74. The molecule has 21 heavy (non-hydrogen) atoms. The Balaban J connectivity index is 1.85. The molecular formula is C17H15ClN2O. The number of carbonyl (C=O) groups excluding carboxylic acids is 1. The fourth-order valence-corrected chi connectivity index (χ4v) is 2.74. The molecule has 2 aromatic carbocycles. The lowest BCUT2D eigenvalue weighted by molar-refractivity contribution is 0.0941. The Labute approximate surface area is 127 Å². The number of aromatic amines is 1. The van der Waals surface area contributed by atoms with Crippen molar-refractivity contribution >= 4 is 28.4 Å². The molecule has 0 radical (unpaired) electrons. The van der Waals surface area contributed by atoms with E-state index in [1.54, 1.807) is 6.20 Å². The van der Waals surface area contributed by atoms with Gasteiger partial charge in [0.2, 0.25) is 0 Å². The van der Waals surface area contributed by atoms with E-state index in [0.29, 0.717) is 10.6 Å². The van der Waals surface area contributed by atoms with Gasteiger partial charge in [0.25, 0.3) is 5.91 Å². The van der Waals surface area contributed by atoms with E-state index < -0.39 is 0 Å². The third-order valence-corrected chi connectivity index (χ3v) is 3.90. The molecule has 0 bridgehead atoms. The second kappa shape index (κ2) is 5.62. The predicted octanol–water partition coefficient (Wildman–Crippen LogP) is 4.31. The lowest BCUT2D eigenvalue weighted by Gasteiger charge is -2.15. The fourth-order valence-electron chi connectivity index (χ4n) is 2.44. The van der Waals surface area contributed by atoms with Gasteiger partial charge in [-0.2, -0.15) is 0 Å². The standard InChI is InChI=1S/C17H15ClN2O/c1-11(12-6-2-4-8-15(12)18)20-17(21)14-10-19-16-9-5-3-7-13(14)16/h2-11,19H,1H3,(H,20,21). The van der Waals surface area contributed by atoms with Crippen molar-refractivity contribution in [3.63, 3.8) is 0 Å². The summed E-state index contributed by atoms with van der Waals surface area (Å²) in [5, 5.41) is 4.56. The van der Waals surface area contributed by atoms with Crippen LogP contribution in [0.2, 0.25) is 5.02 Å². The molecule has 3 rings (SSSR count). The first-order valence-electron chi connectivity index (χ1n) is 6.78. The van der Waals surface area contributed by atoms with Crippen LogP contribution in [-0.4, -0.2) is 10.9 Å². The quantitative estimate of drug-likeness (QED) is 0.743. The van der Waals surface area contributed by atoms with Crippen LogP contribution in [0.15, 0.2) is 54.7 Å². The van der Waals surface area contributed by atoms with Crippen LogP contribution in [0, 0.1) is 0 Å². The van der Waals surface area contributed by atoms with Crippen LogP contribution in [0.1, 0.15) is 28.9 Å². The smallest absolute Gasteiger partial charge is 0.253 e. The van der Waals surface area contributed by atoms with Gasteiger partial charge in [-0.15, -0.1) is 0 Å². The normalized spacial score (nSPS) is 12.3. The molecule has 3 aromatic rings. The van der Waals surface area contributed by atoms with Crippen molar-refractivity contribution in [3.8, 4) is 0 Å². The van der Waals surface area contributed by atoms with Gasteiger partial charge in [0, 0.05) is 22.1 Å². The van der Waals surface area contributed by atoms with Crippen LogP contribution in [0.3, 0.4) is 0 Å². The van der Waals surface area contributed by atoms with Gasteiger partial charge >= 0.3 is 0 Å². The molecule has 0 aliphatic heterocycles. The van der Waals surface area contributed by atoms with Gasteiger partial charge in [-0.1, -0.05) is 48.0 Å². The molecule has 1 unspecified atom stereocenters. The number of hydrogen-bond acceptors (Lipinski definition) is 1. The van der Waals surface area contributed by atoms with Gasteiger partial charge in [-0.05, 0) is 24.6 Å². The maximum atomic E-state index is 12.4. The highest BCUT2D eigenvalue weighted by atomic mass is 35.5. The predicted molar refractivity (Wildman–Crippen MR) is 85.6 cm³/mol. The molecule has 3 nitrogen and oxygen atoms in total. The molecular weight excluding hydrogens is 284 g/mol. The average Bonchev–Trinajstić information content (AvgIpc) is 2.91. The number of nitrogens with one attached hydrogen (secondary N) is 2. The number of para-hydroxylation sites is 1. The summed E-state index contributed by atoms with van der Waals surface area (Å²) >= 11 is 6.17. The third kappa shape index (κ3) is 2.65. The number of fused-ring (bicyclic) bond motifs is 1. The molecule has 0 saturated carbocycles. The van der Waals surface area contributed by atoms with Gasteiger partial charge in [0.1, 0.15) is 0 Å². The maximum Gasteiger partial charge on any atom is 0.253 e. The van der Waals surface area contributed by atoms with Crippen molar-refractivity contribution in [2.75, 3.05) is 0 Å². The van der Waals surface area contributed by atoms with Gasteiger partial charge in [0.15, 0.2) is 0 Å². The topological polar surface area (TPSA) is 44.9 Å². The van der Waals surface area contributed by atoms with E-state index in [0.717, 1.165) is 16.5 Å². The number of halogens is 1. The van der Waals surface area contributed by atoms with Gasteiger partial charge in [-0.3, -0.25) is 4.79 Å². The lowest BCUT2D eigenvalue weighted by atomic mass is 10.1. The first kappa shape index (κ1) is 13.7. The fraction of sp³-hybridized carbons (Fsp3) is 0.118. The van der Waals surface area contributed by atoms with Crippen LogP contribution >= 0.6 is 11.6 Å². The van der Waals surface area contributed by atoms with Gasteiger partial charge in [-0.25, -0.2) is 0 Å². The first-order chi connectivity index (χ1) is 10.2. The largest absolute Gasteiger partial charge is 0.360 e. The van der Waals surface area contributed by atoms with E-state index in [1.807, 2.05) is 55.5 Å². The molecule has 2 N–H and O–H groups in total. The number of rotatable bonds is 3. The number of benzene rings is 2. The van der Waals surface area contributed by atoms with E-state index in [4.69, 9.17) is 11.6 Å². The van der Waals surface area contributed by atoms with Crippen LogP contribution in [0.25, 0.3) is 10.9 Å². The SMILES string of the molecule is CC(NC(=O)c1c[nH]c2ccccc12)c1ccccc1Cl. The van der Waals surface area contributed by atoms with E-state index in [1.165, 1.54) is 0 Å². The summed E-state index contributed by atoms with van der Waals surface area (Å²) in [5.74, 6) is -0.111. The zero-order valence-corrected chi connectivity index (χ0v) is 12.3. The monoisotopic (exact) mass is 298 g/mol. The van der Waals surface area contributed by atoms with Crippen molar-refractivity contribution in [2.45, 2.75) is 13.0 Å². The van der Waals surface area contributed by atoms with Crippen LogP contribution in [0.4, 0.5) is 0 Å². The Bertz CT molecular complexity index is 794. The highest BCUT2D eigenvalue weighted by Crippen LogP contribution is 2.23. The summed E-state index contributed by atoms with van der Waals surface area (Å²) in [6, 6.07) is 15.1. The molecule has 0 aliphatic rings. The second-order valence-corrected chi connectivity index (χ2v) is 5.37. The Morgan fingerprint density at radius 3 is 2.67 bits per heavy atom. The zero-order valence-electron chi connectivity index (χ0n) is 11.6. The Kier molecular flexibility index (Phi) is 3.67. The molecule has 106 valence electrons. The summed E-state index contributed by atoms with van der Waals surface area (Å²) in [6.45, 7) is 1.92. The molecule has 4 heteroatoms. The highest BCUT2D eigenvalue weighted by molar-refractivity contribution is 6.31. The lowest BCUT2D eigenvalue weighted by Crippen LogP contribution is -2.26. The summed E-state index contributed by atoms with van der Waals surface area (Å²) in [7, 11) is 0. The van der Waals surface area contributed by atoms with Crippen molar-refractivity contribution < 1.29 is 4.79 Å². The number of aromatic nitrogens is 1. The van der Waals surface area contributed by atoms with Gasteiger partial charge < -0.3 is 10.3 Å². The van der Waals surface area contributed by atoms with E-state index in [2.05, 4.69) is 10.3 Å². The molecule has 0 spiro atoms. The first-order valence-corrected chi connectivity index (χ1v) is 7.16. The number of carbonyl (C=O) groups is 1. The highest BCUT2D eigenvalue weighted by Gasteiger charge is 2.16. The van der Waals surface area contributed by atoms with Crippen LogP contribution < -0.4 is 5.32 Å². The minimum absolute atomic E-state index is 0.111.